The Kier molecular flexibility index (Phi) is 5.68. The topological polar surface area (TPSA) is 75.6 Å². The average molecular weight is 414 g/mol. The molecular formula is C20H23N5OS2. The van der Waals surface area contributed by atoms with Gasteiger partial charge in [0.05, 0.1) is 5.69 Å². The number of rotatable bonds is 6. The van der Waals surface area contributed by atoms with E-state index in [0.29, 0.717) is 9.90 Å². The summed E-state index contributed by atoms with van der Waals surface area (Å²) in [6.07, 6.45) is 6.57. The minimum absolute atomic E-state index is 0.137. The van der Waals surface area contributed by atoms with E-state index in [1.54, 1.807) is 4.57 Å². The van der Waals surface area contributed by atoms with E-state index in [1.165, 1.54) is 41.7 Å². The van der Waals surface area contributed by atoms with Crippen molar-refractivity contribution in [3.63, 3.8) is 0 Å². The summed E-state index contributed by atoms with van der Waals surface area (Å²) in [5.74, 6) is 0.651. The van der Waals surface area contributed by atoms with Gasteiger partial charge in [0.25, 0.3) is 0 Å². The molecule has 2 heterocycles. The molecule has 3 aromatic rings. The number of aromatic nitrogens is 4. The molecule has 4 rings (SSSR count). The molecule has 2 N–H and O–H groups in total. The Balaban J connectivity index is 1.46. The number of amides is 1. The van der Waals surface area contributed by atoms with Crippen LogP contribution in [0.1, 0.15) is 43.1 Å². The summed E-state index contributed by atoms with van der Waals surface area (Å²) in [5, 5.41) is 12.4. The van der Waals surface area contributed by atoms with Crippen LogP contribution in [0.4, 0.5) is 5.13 Å². The minimum Gasteiger partial charge on any atom is -0.300 e. The fourth-order valence-corrected chi connectivity index (χ4v) is 4.54. The normalized spacial score (nSPS) is 13.3. The highest BCUT2D eigenvalue weighted by atomic mass is 32.1. The van der Waals surface area contributed by atoms with Gasteiger partial charge in [0, 0.05) is 17.4 Å². The summed E-state index contributed by atoms with van der Waals surface area (Å²) in [6.45, 7) is 2.21. The third kappa shape index (κ3) is 4.07. The van der Waals surface area contributed by atoms with Crippen molar-refractivity contribution < 1.29 is 4.79 Å². The van der Waals surface area contributed by atoms with Gasteiger partial charge in [-0.25, -0.2) is 4.98 Å². The summed E-state index contributed by atoms with van der Waals surface area (Å²) in [5.41, 5.74) is 4.90. The largest absolute Gasteiger partial charge is 0.300 e. The molecule has 0 saturated heterocycles. The quantitative estimate of drug-likeness (QED) is 0.582. The Hall–Kier alpha value is -2.32. The first-order valence-electron chi connectivity index (χ1n) is 9.65. The maximum absolute atomic E-state index is 12.5. The zero-order valence-electron chi connectivity index (χ0n) is 15.8. The lowest BCUT2D eigenvalue weighted by Crippen LogP contribution is -2.20. The molecule has 1 aliphatic rings. The molecule has 1 aromatic carbocycles. The first-order valence-corrected chi connectivity index (χ1v) is 10.9. The molecule has 8 heteroatoms. The monoisotopic (exact) mass is 413 g/mol. The van der Waals surface area contributed by atoms with Crippen molar-refractivity contribution in [3.05, 3.63) is 45.3 Å². The molecule has 28 heavy (non-hydrogen) atoms. The number of benzene rings is 1. The third-order valence-corrected chi connectivity index (χ3v) is 6.08. The van der Waals surface area contributed by atoms with E-state index in [2.05, 4.69) is 45.6 Å². The van der Waals surface area contributed by atoms with Crippen molar-refractivity contribution >= 4 is 34.6 Å². The van der Waals surface area contributed by atoms with Crippen LogP contribution in [0.3, 0.4) is 0 Å². The number of hydrogen-bond donors (Lipinski definition) is 2. The van der Waals surface area contributed by atoms with Crippen LogP contribution in [0.5, 0.6) is 0 Å². The van der Waals surface area contributed by atoms with E-state index >= 15 is 0 Å². The van der Waals surface area contributed by atoms with Gasteiger partial charge in [0.2, 0.25) is 5.91 Å². The molecule has 146 valence electrons. The molecular weight excluding hydrogens is 390 g/mol. The second-order valence-electron chi connectivity index (χ2n) is 7.06. The van der Waals surface area contributed by atoms with Gasteiger partial charge in [-0.2, -0.15) is 5.10 Å². The molecule has 0 fully saturated rings. The number of thiazole rings is 1. The minimum atomic E-state index is -0.152. The maximum Gasteiger partial charge on any atom is 0.246 e. The van der Waals surface area contributed by atoms with Crippen LogP contribution in [0, 0.1) is 4.77 Å². The van der Waals surface area contributed by atoms with Gasteiger partial charge >= 0.3 is 0 Å². The highest BCUT2D eigenvalue weighted by Crippen LogP contribution is 2.29. The molecule has 0 atom stereocenters. The van der Waals surface area contributed by atoms with E-state index in [0.717, 1.165) is 36.3 Å². The predicted molar refractivity (Wildman–Crippen MR) is 114 cm³/mol. The van der Waals surface area contributed by atoms with Crippen LogP contribution in [0.2, 0.25) is 0 Å². The van der Waals surface area contributed by atoms with E-state index < -0.39 is 0 Å². The summed E-state index contributed by atoms with van der Waals surface area (Å²) in [6, 6.07) is 6.60. The fourth-order valence-electron chi connectivity index (χ4n) is 3.59. The first kappa shape index (κ1) is 19.0. The first-order chi connectivity index (χ1) is 13.6. The number of H-pyrrole nitrogens is 1. The highest BCUT2D eigenvalue weighted by Gasteiger charge is 2.14. The van der Waals surface area contributed by atoms with E-state index in [-0.39, 0.29) is 12.5 Å². The van der Waals surface area contributed by atoms with Crippen LogP contribution < -0.4 is 5.32 Å². The molecule has 0 spiro atoms. The van der Waals surface area contributed by atoms with Crippen molar-refractivity contribution in [2.75, 3.05) is 5.32 Å². The van der Waals surface area contributed by atoms with Crippen LogP contribution in [-0.2, 0) is 30.6 Å². The lowest BCUT2D eigenvalue weighted by molar-refractivity contribution is -0.116. The highest BCUT2D eigenvalue weighted by molar-refractivity contribution is 7.71. The Morgan fingerprint density at radius 1 is 1.32 bits per heavy atom. The molecule has 0 unspecified atom stereocenters. The van der Waals surface area contributed by atoms with Crippen LogP contribution in [0.25, 0.3) is 11.3 Å². The molecule has 0 bridgehead atoms. The Labute approximate surface area is 173 Å². The van der Waals surface area contributed by atoms with Gasteiger partial charge in [-0.1, -0.05) is 19.1 Å². The van der Waals surface area contributed by atoms with Crippen molar-refractivity contribution in [1.29, 1.82) is 0 Å². The molecule has 0 saturated carbocycles. The average Bonchev–Trinajstić information content (AvgIpc) is 3.30. The molecule has 2 aromatic heterocycles. The SMILES string of the molecule is CCCc1n[nH]c(=S)n1CC(=O)Nc1nc(-c2ccc3c(c2)CCCC3)cs1. The van der Waals surface area contributed by atoms with Gasteiger partial charge in [-0.3, -0.25) is 14.5 Å². The lowest BCUT2D eigenvalue weighted by atomic mass is 9.90. The number of nitrogens with one attached hydrogen (secondary N) is 2. The van der Waals surface area contributed by atoms with Crippen LogP contribution in [-0.4, -0.2) is 25.7 Å². The Bertz CT molecular complexity index is 1050. The van der Waals surface area contributed by atoms with Gasteiger partial charge in [0.1, 0.15) is 12.4 Å². The Morgan fingerprint density at radius 3 is 2.96 bits per heavy atom. The van der Waals surface area contributed by atoms with Gasteiger partial charge < -0.3 is 5.32 Å². The van der Waals surface area contributed by atoms with E-state index in [9.17, 15) is 4.79 Å². The smallest absolute Gasteiger partial charge is 0.246 e. The number of nitrogens with zero attached hydrogens (tertiary/aromatic N) is 3. The van der Waals surface area contributed by atoms with Crippen molar-refractivity contribution in [3.8, 4) is 11.3 Å². The van der Waals surface area contributed by atoms with Crippen LogP contribution >= 0.6 is 23.6 Å². The van der Waals surface area contributed by atoms with Gasteiger partial charge in [-0.15, -0.1) is 11.3 Å². The Morgan fingerprint density at radius 2 is 2.14 bits per heavy atom. The van der Waals surface area contributed by atoms with E-state index in [4.69, 9.17) is 12.2 Å². The van der Waals surface area contributed by atoms with Crippen molar-refractivity contribution in [2.45, 2.75) is 52.0 Å². The van der Waals surface area contributed by atoms with Crippen molar-refractivity contribution in [1.82, 2.24) is 19.7 Å². The van der Waals surface area contributed by atoms with Gasteiger partial charge in [-0.05, 0) is 61.5 Å². The summed E-state index contributed by atoms with van der Waals surface area (Å²) in [4.78, 5) is 17.1. The number of carbonyl (C=O) groups excluding carboxylic acids is 1. The van der Waals surface area contributed by atoms with E-state index in [1.807, 2.05) is 5.38 Å². The maximum atomic E-state index is 12.5. The fraction of sp³-hybridized carbons (Fsp3) is 0.400. The molecule has 6 nitrogen and oxygen atoms in total. The second kappa shape index (κ2) is 8.36. The zero-order valence-corrected chi connectivity index (χ0v) is 17.5. The predicted octanol–water partition coefficient (Wildman–Crippen LogP) is 4.53. The zero-order chi connectivity index (χ0) is 19.5. The van der Waals surface area contributed by atoms with Crippen LogP contribution in [0.15, 0.2) is 23.6 Å². The number of aryl methyl sites for hydroxylation is 3. The number of hydrogen-bond acceptors (Lipinski definition) is 5. The number of fused-ring (bicyclic) bond motifs is 1. The molecule has 0 radical (unpaired) electrons. The lowest BCUT2D eigenvalue weighted by Gasteiger charge is -2.16. The molecule has 0 aliphatic heterocycles. The number of carbonyl (C=O) groups is 1. The summed E-state index contributed by atoms with van der Waals surface area (Å²) in [7, 11) is 0. The number of aromatic amines is 1. The summed E-state index contributed by atoms with van der Waals surface area (Å²) >= 11 is 6.68. The number of anilines is 1. The summed E-state index contributed by atoms with van der Waals surface area (Å²) < 4.78 is 2.21. The van der Waals surface area contributed by atoms with Gasteiger partial charge in [0.15, 0.2) is 9.90 Å². The molecule has 1 aliphatic carbocycles. The van der Waals surface area contributed by atoms with Crippen molar-refractivity contribution in [2.24, 2.45) is 0 Å². The standard InChI is InChI=1S/C20H23N5OS2/c1-2-5-17-23-24-20(27)25(17)11-18(26)22-19-21-16(12-28-19)15-9-8-13-6-3-4-7-14(13)10-15/h8-10,12H,2-7,11H2,1H3,(H,24,27)(H,21,22,26). The molecule has 1 amide bonds. The second-order valence-corrected chi connectivity index (χ2v) is 8.30. The third-order valence-electron chi connectivity index (χ3n) is 5.01.